The van der Waals surface area contributed by atoms with Crippen LogP contribution in [-0.2, 0) is 15.1 Å². The zero-order valence-corrected chi connectivity index (χ0v) is 14.0. The number of nitrogens with zero attached hydrogens (tertiary/aromatic N) is 1. The number of hydrogen-bond acceptors (Lipinski definition) is 5. The minimum Gasteiger partial charge on any atom is -0.444 e. The Morgan fingerprint density at radius 3 is 2.83 bits per heavy atom. The Kier molecular flexibility index (Phi) is 3.91. The highest BCUT2D eigenvalue weighted by molar-refractivity contribution is 5.89. The van der Waals surface area contributed by atoms with E-state index in [-0.39, 0.29) is 13.2 Å². The van der Waals surface area contributed by atoms with Crippen molar-refractivity contribution >= 4 is 17.9 Å². The summed E-state index contributed by atoms with van der Waals surface area (Å²) in [5, 5.41) is 12.4. The van der Waals surface area contributed by atoms with Crippen LogP contribution in [0.4, 0.5) is 15.3 Å². The molecule has 2 atom stereocenters. The van der Waals surface area contributed by atoms with Gasteiger partial charge in [0.2, 0.25) is 0 Å². The number of nitrogens with one attached hydrogen (secondary N) is 1. The van der Waals surface area contributed by atoms with Crippen LogP contribution in [0.5, 0.6) is 0 Å². The molecule has 2 N–H and O–H groups in total. The van der Waals surface area contributed by atoms with Crippen LogP contribution in [0.3, 0.4) is 0 Å². The quantitative estimate of drug-likeness (QED) is 0.823. The molecule has 0 unspecified atom stereocenters. The van der Waals surface area contributed by atoms with Gasteiger partial charge in [0.25, 0.3) is 0 Å². The molecule has 1 aromatic rings. The molecule has 2 heterocycles. The lowest BCUT2D eigenvalue weighted by Gasteiger charge is -2.35. The Morgan fingerprint density at radius 1 is 1.46 bits per heavy atom. The summed E-state index contributed by atoms with van der Waals surface area (Å²) in [6.07, 6.45) is -0.755. The first kappa shape index (κ1) is 16.6. The molecule has 0 bridgehead atoms. The maximum absolute atomic E-state index is 12.5. The van der Waals surface area contributed by atoms with Crippen LogP contribution in [0.15, 0.2) is 24.3 Å². The predicted octanol–water partition coefficient (Wildman–Crippen LogP) is 2.45. The van der Waals surface area contributed by atoms with Crippen molar-refractivity contribution in [1.29, 1.82) is 0 Å². The molecule has 1 saturated heterocycles. The second kappa shape index (κ2) is 5.66. The topological polar surface area (TPSA) is 88.1 Å². The van der Waals surface area contributed by atoms with Gasteiger partial charge >= 0.3 is 12.2 Å². The van der Waals surface area contributed by atoms with Gasteiger partial charge in [-0.25, -0.2) is 9.59 Å². The van der Waals surface area contributed by atoms with Gasteiger partial charge in [0, 0.05) is 12.0 Å². The van der Waals surface area contributed by atoms with Gasteiger partial charge in [0.1, 0.15) is 5.60 Å². The lowest BCUT2D eigenvalue weighted by atomic mass is 9.88. The van der Waals surface area contributed by atoms with Crippen LogP contribution in [-0.4, -0.2) is 47.0 Å². The van der Waals surface area contributed by atoms with Crippen LogP contribution in [0.25, 0.3) is 0 Å². The van der Waals surface area contributed by atoms with Gasteiger partial charge in [-0.05, 0) is 26.8 Å². The van der Waals surface area contributed by atoms with E-state index < -0.39 is 29.4 Å². The van der Waals surface area contributed by atoms with Crippen molar-refractivity contribution in [2.75, 3.05) is 18.5 Å². The average molecular weight is 334 g/mol. The summed E-state index contributed by atoms with van der Waals surface area (Å²) in [6.45, 7) is 5.27. The monoisotopic (exact) mass is 334 g/mol. The second-order valence-electron chi connectivity index (χ2n) is 7.20. The van der Waals surface area contributed by atoms with E-state index in [1.54, 1.807) is 26.8 Å². The minimum atomic E-state index is -0.969. The number of aliphatic hydroxyl groups excluding tert-OH is 1. The van der Waals surface area contributed by atoms with E-state index in [2.05, 4.69) is 5.32 Å². The number of ether oxygens (including phenoxy) is 2. The molecule has 2 aliphatic rings. The molecule has 7 nitrogen and oxygen atoms in total. The van der Waals surface area contributed by atoms with Gasteiger partial charge in [0.15, 0.2) is 5.60 Å². The van der Waals surface area contributed by atoms with E-state index in [4.69, 9.17) is 9.47 Å². The van der Waals surface area contributed by atoms with E-state index in [1.807, 2.05) is 18.2 Å². The van der Waals surface area contributed by atoms with E-state index in [1.165, 1.54) is 4.90 Å². The molecule has 1 aromatic carbocycles. The highest BCUT2D eigenvalue weighted by Gasteiger charge is 2.53. The molecular formula is C17H22N2O5. The van der Waals surface area contributed by atoms with Crippen LogP contribution in [0.1, 0.15) is 32.8 Å². The van der Waals surface area contributed by atoms with Crippen molar-refractivity contribution in [1.82, 2.24) is 4.90 Å². The van der Waals surface area contributed by atoms with Gasteiger partial charge in [-0.3, -0.25) is 10.2 Å². The molecule has 0 aliphatic carbocycles. The zero-order valence-electron chi connectivity index (χ0n) is 14.0. The number of anilines is 1. The molecule has 0 radical (unpaired) electrons. The van der Waals surface area contributed by atoms with Gasteiger partial charge in [0.05, 0.1) is 24.9 Å². The third-order valence-electron chi connectivity index (χ3n) is 4.21. The first-order valence-corrected chi connectivity index (χ1v) is 7.94. The smallest absolute Gasteiger partial charge is 0.412 e. The van der Waals surface area contributed by atoms with Crippen LogP contribution in [0.2, 0.25) is 0 Å². The fourth-order valence-electron chi connectivity index (χ4n) is 3.28. The average Bonchev–Trinajstić information content (AvgIpc) is 2.85. The SMILES string of the molecule is CC(C)(C)OC(=O)N1C[C@]2(C[C@H]1CO)OC(=O)Nc1ccccc12. The lowest BCUT2D eigenvalue weighted by Crippen LogP contribution is -2.44. The zero-order chi connectivity index (χ0) is 17.5. The minimum absolute atomic E-state index is 0.150. The van der Waals surface area contributed by atoms with Gasteiger partial charge in [-0.2, -0.15) is 0 Å². The summed E-state index contributed by atoms with van der Waals surface area (Å²) in [6, 6.07) is 6.86. The lowest BCUT2D eigenvalue weighted by molar-refractivity contribution is 0.00249. The van der Waals surface area contributed by atoms with E-state index in [0.29, 0.717) is 12.1 Å². The number of fused-ring (bicyclic) bond motifs is 2. The van der Waals surface area contributed by atoms with Crippen LogP contribution in [0, 0.1) is 0 Å². The number of likely N-dealkylation sites (tertiary alicyclic amines) is 1. The van der Waals surface area contributed by atoms with Crippen molar-refractivity contribution < 1.29 is 24.2 Å². The second-order valence-corrected chi connectivity index (χ2v) is 7.20. The Balaban J connectivity index is 1.94. The van der Waals surface area contributed by atoms with Gasteiger partial charge < -0.3 is 14.6 Å². The maximum Gasteiger partial charge on any atom is 0.412 e. The fraction of sp³-hybridized carbons (Fsp3) is 0.529. The molecule has 2 amide bonds. The summed E-state index contributed by atoms with van der Waals surface area (Å²) in [5.41, 5.74) is -0.149. The standard InChI is InChI=1S/C17H22N2O5/c1-16(2,3)24-15(22)19-10-17(8-11(19)9-20)12-6-4-5-7-13(12)18-14(21)23-17/h4-7,11,20H,8-10H2,1-3H3,(H,18,21)/t11-,17-/m0/s1. The fourth-order valence-corrected chi connectivity index (χ4v) is 3.28. The largest absolute Gasteiger partial charge is 0.444 e. The normalized spacial score (nSPS) is 25.9. The Bertz CT molecular complexity index is 669. The highest BCUT2D eigenvalue weighted by Crippen LogP contribution is 2.45. The molecule has 3 rings (SSSR count). The number of amides is 2. The summed E-state index contributed by atoms with van der Waals surface area (Å²) in [7, 11) is 0. The maximum atomic E-state index is 12.5. The van der Waals surface area contributed by atoms with Crippen molar-refractivity contribution in [2.45, 2.75) is 44.4 Å². The molecule has 1 spiro atoms. The Hall–Kier alpha value is -2.28. The molecule has 24 heavy (non-hydrogen) atoms. The molecular weight excluding hydrogens is 312 g/mol. The predicted molar refractivity (Wildman–Crippen MR) is 86.7 cm³/mol. The Morgan fingerprint density at radius 2 is 2.17 bits per heavy atom. The molecule has 7 heteroatoms. The number of carbonyl (C=O) groups excluding carboxylic acids is 2. The first-order chi connectivity index (χ1) is 11.2. The number of aliphatic hydroxyl groups is 1. The van der Waals surface area contributed by atoms with Crippen molar-refractivity contribution in [3.05, 3.63) is 29.8 Å². The molecule has 2 aliphatic heterocycles. The third kappa shape index (κ3) is 2.91. The van der Waals surface area contributed by atoms with E-state index >= 15 is 0 Å². The Labute approximate surface area is 140 Å². The molecule has 0 saturated carbocycles. The van der Waals surface area contributed by atoms with Crippen molar-refractivity contribution in [2.24, 2.45) is 0 Å². The van der Waals surface area contributed by atoms with Crippen LogP contribution >= 0.6 is 0 Å². The summed E-state index contributed by atoms with van der Waals surface area (Å²) in [5.74, 6) is 0. The molecule has 1 fully saturated rings. The van der Waals surface area contributed by atoms with E-state index in [0.717, 1.165) is 5.56 Å². The third-order valence-corrected chi connectivity index (χ3v) is 4.21. The summed E-state index contributed by atoms with van der Waals surface area (Å²) in [4.78, 5) is 25.9. The summed E-state index contributed by atoms with van der Waals surface area (Å²) < 4.78 is 11.0. The highest BCUT2D eigenvalue weighted by atomic mass is 16.6. The van der Waals surface area contributed by atoms with Gasteiger partial charge in [-0.1, -0.05) is 18.2 Å². The van der Waals surface area contributed by atoms with Crippen molar-refractivity contribution in [3.63, 3.8) is 0 Å². The van der Waals surface area contributed by atoms with Gasteiger partial charge in [-0.15, -0.1) is 0 Å². The number of hydrogen-bond donors (Lipinski definition) is 2. The summed E-state index contributed by atoms with van der Waals surface area (Å²) >= 11 is 0. The number of rotatable bonds is 1. The molecule has 130 valence electrons. The number of carbonyl (C=O) groups is 2. The number of para-hydroxylation sites is 1. The van der Waals surface area contributed by atoms with Crippen molar-refractivity contribution in [3.8, 4) is 0 Å². The first-order valence-electron chi connectivity index (χ1n) is 7.94. The van der Waals surface area contributed by atoms with Crippen LogP contribution < -0.4 is 5.32 Å². The molecule has 0 aromatic heterocycles. The van der Waals surface area contributed by atoms with E-state index in [9.17, 15) is 14.7 Å². The number of benzene rings is 1.